The molecule has 0 aliphatic carbocycles. The van der Waals surface area contributed by atoms with Crippen LogP contribution in [0.1, 0.15) is 57.9 Å². The molecule has 3 heteroatoms. The summed E-state index contributed by atoms with van der Waals surface area (Å²) in [7, 11) is 0. The number of rotatable bonds is 5. The van der Waals surface area contributed by atoms with Crippen molar-refractivity contribution in [2.75, 3.05) is 13.2 Å². The van der Waals surface area contributed by atoms with Crippen molar-refractivity contribution < 1.29 is 9.53 Å². The van der Waals surface area contributed by atoms with Gasteiger partial charge in [0.25, 0.3) is 5.91 Å². The minimum absolute atomic E-state index is 0.125. The third-order valence-electron chi connectivity index (χ3n) is 4.31. The zero-order valence-corrected chi connectivity index (χ0v) is 13.5. The lowest BCUT2D eigenvalue weighted by molar-refractivity contribution is -0.137. The maximum atomic E-state index is 12.4. The maximum Gasteiger partial charge on any atom is 0.260 e. The molecular formula is C18H27NO2. The Bertz CT molecular complexity index is 470. The highest BCUT2D eigenvalue weighted by Crippen LogP contribution is 2.26. The molecule has 3 nitrogen and oxygen atoms in total. The Morgan fingerprint density at radius 1 is 1.33 bits per heavy atom. The van der Waals surface area contributed by atoms with Crippen molar-refractivity contribution in [2.45, 2.75) is 58.4 Å². The van der Waals surface area contributed by atoms with Crippen LogP contribution in [-0.4, -0.2) is 30.0 Å². The van der Waals surface area contributed by atoms with Gasteiger partial charge in [0.1, 0.15) is 5.75 Å². The first kappa shape index (κ1) is 15.9. The molecule has 21 heavy (non-hydrogen) atoms. The molecule has 1 saturated heterocycles. The first-order chi connectivity index (χ1) is 10.1. The van der Waals surface area contributed by atoms with E-state index in [0.717, 1.165) is 37.1 Å². The van der Waals surface area contributed by atoms with Gasteiger partial charge in [0.05, 0.1) is 0 Å². The summed E-state index contributed by atoms with van der Waals surface area (Å²) in [6, 6.07) is 8.40. The maximum absolute atomic E-state index is 12.4. The van der Waals surface area contributed by atoms with Crippen molar-refractivity contribution in [1.29, 1.82) is 0 Å². The van der Waals surface area contributed by atoms with Crippen LogP contribution in [0.25, 0.3) is 0 Å². The van der Waals surface area contributed by atoms with Crippen molar-refractivity contribution in [3.63, 3.8) is 0 Å². The Morgan fingerprint density at radius 3 is 2.81 bits per heavy atom. The highest BCUT2D eigenvalue weighted by atomic mass is 16.5. The van der Waals surface area contributed by atoms with Crippen LogP contribution in [0, 0.1) is 0 Å². The fraction of sp³-hybridized carbons (Fsp3) is 0.611. The smallest absolute Gasteiger partial charge is 0.260 e. The van der Waals surface area contributed by atoms with E-state index < -0.39 is 0 Å². The standard InChI is InChI=1S/C18H27NO2/c1-4-15-9-7-8-12-19(15)18(20)13-21-17-11-6-5-10-16(17)14(2)3/h5-6,10-11,14-15H,4,7-9,12-13H2,1-3H3. The Labute approximate surface area is 128 Å². The Balaban J connectivity index is 1.97. The lowest BCUT2D eigenvalue weighted by Gasteiger charge is -2.35. The summed E-state index contributed by atoms with van der Waals surface area (Å²) in [5, 5.41) is 0. The molecule has 116 valence electrons. The molecule has 1 aromatic rings. The van der Waals surface area contributed by atoms with Gasteiger partial charge in [-0.2, -0.15) is 0 Å². The van der Waals surface area contributed by atoms with E-state index in [9.17, 15) is 4.79 Å². The van der Waals surface area contributed by atoms with Crippen LogP contribution < -0.4 is 4.74 Å². The highest BCUT2D eigenvalue weighted by molar-refractivity contribution is 5.78. The van der Waals surface area contributed by atoms with Crippen LogP contribution in [0.4, 0.5) is 0 Å². The van der Waals surface area contributed by atoms with E-state index in [1.54, 1.807) is 0 Å². The molecule has 1 amide bonds. The normalized spacial score (nSPS) is 18.9. The Hall–Kier alpha value is -1.51. The number of hydrogen-bond donors (Lipinski definition) is 0. The lowest BCUT2D eigenvalue weighted by atomic mass is 10.00. The summed E-state index contributed by atoms with van der Waals surface area (Å²) in [5.41, 5.74) is 1.16. The SMILES string of the molecule is CCC1CCCCN1C(=O)COc1ccccc1C(C)C. The van der Waals surface area contributed by atoms with Crippen LogP contribution in [0.3, 0.4) is 0 Å². The summed E-state index contributed by atoms with van der Waals surface area (Å²) < 4.78 is 5.82. The molecule has 0 saturated carbocycles. The van der Waals surface area contributed by atoms with Gasteiger partial charge < -0.3 is 9.64 Å². The average Bonchev–Trinajstić information content (AvgIpc) is 2.52. The van der Waals surface area contributed by atoms with Crippen molar-refractivity contribution in [3.05, 3.63) is 29.8 Å². The molecule has 1 aliphatic heterocycles. The Morgan fingerprint density at radius 2 is 2.10 bits per heavy atom. The highest BCUT2D eigenvalue weighted by Gasteiger charge is 2.25. The van der Waals surface area contributed by atoms with Gasteiger partial charge in [-0.15, -0.1) is 0 Å². The summed E-state index contributed by atoms with van der Waals surface area (Å²) in [5.74, 6) is 1.36. The third-order valence-corrected chi connectivity index (χ3v) is 4.31. The first-order valence-electron chi connectivity index (χ1n) is 8.14. The van der Waals surface area contributed by atoms with Crippen LogP contribution >= 0.6 is 0 Å². The van der Waals surface area contributed by atoms with Gasteiger partial charge in [0.2, 0.25) is 0 Å². The molecule has 0 N–H and O–H groups in total. The minimum atomic E-state index is 0.125. The molecule has 0 spiro atoms. The van der Waals surface area contributed by atoms with Crippen molar-refractivity contribution in [1.82, 2.24) is 4.90 Å². The first-order valence-corrected chi connectivity index (χ1v) is 8.14. The summed E-state index contributed by atoms with van der Waals surface area (Å²) in [4.78, 5) is 14.4. The lowest BCUT2D eigenvalue weighted by Crippen LogP contribution is -2.45. The second-order valence-corrected chi connectivity index (χ2v) is 6.13. The van der Waals surface area contributed by atoms with Gasteiger partial charge in [-0.25, -0.2) is 0 Å². The molecule has 0 aromatic heterocycles. The van der Waals surface area contributed by atoms with Gasteiger partial charge in [-0.3, -0.25) is 4.79 Å². The molecule has 0 bridgehead atoms. The number of amides is 1. The number of nitrogens with zero attached hydrogens (tertiary/aromatic N) is 1. The van der Waals surface area contributed by atoms with Crippen LogP contribution in [0.2, 0.25) is 0 Å². The van der Waals surface area contributed by atoms with Gasteiger partial charge in [-0.1, -0.05) is 39.0 Å². The number of piperidine rings is 1. The third kappa shape index (κ3) is 3.99. The quantitative estimate of drug-likeness (QED) is 0.820. The largest absolute Gasteiger partial charge is 0.483 e. The van der Waals surface area contributed by atoms with E-state index in [1.165, 1.54) is 6.42 Å². The molecule has 1 heterocycles. The summed E-state index contributed by atoms with van der Waals surface area (Å²) >= 11 is 0. The van der Waals surface area contributed by atoms with E-state index >= 15 is 0 Å². The molecule has 1 atom stereocenters. The predicted molar refractivity (Wildman–Crippen MR) is 85.7 cm³/mol. The second-order valence-electron chi connectivity index (χ2n) is 6.13. The molecule has 1 unspecified atom stereocenters. The van der Waals surface area contributed by atoms with E-state index in [4.69, 9.17) is 4.74 Å². The van der Waals surface area contributed by atoms with E-state index in [2.05, 4.69) is 26.8 Å². The number of likely N-dealkylation sites (tertiary alicyclic amines) is 1. The molecular weight excluding hydrogens is 262 g/mol. The fourth-order valence-electron chi connectivity index (χ4n) is 3.06. The molecule has 1 fully saturated rings. The van der Waals surface area contributed by atoms with E-state index in [0.29, 0.717) is 12.0 Å². The van der Waals surface area contributed by atoms with Crippen molar-refractivity contribution >= 4 is 5.91 Å². The van der Waals surface area contributed by atoms with Gasteiger partial charge in [-0.05, 0) is 43.2 Å². The fourth-order valence-corrected chi connectivity index (χ4v) is 3.06. The Kier molecular flexibility index (Phi) is 5.66. The summed E-state index contributed by atoms with van der Waals surface area (Å²) in [6.07, 6.45) is 4.52. The number of ether oxygens (including phenoxy) is 1. The molecule has 2 rings (SSSR count). The van der Waals surface area contributed by atoms with Crippen molar-refractivity contribution in [2.24, 2.45) is 0 Å². The van der Waals surface area contributed by atoms with Gasteiger partial charge in [0.15, 0.2) is 6.61 Å². The second kappa shape index (κ2) is 7.48. The van der Waals surface area contributed by atoms with Crippen LogP contribution in [0.5, 0.6) is 5.75 Å². The predicted octanol–water partition coefficient (Wildman–Crippen LogP) is 3.98. The van der Waals surface area contributed by atoms with E-state index in [-0.39, 0.29) is 12.5 Å². The van der Waals surface area contributed by atoms with Gasteiger partial charge >= 0.3 is 0 Å². The minimum Gasteiger partial charge on any atom is -0.483 e. The number of hydrogen-bond acceptors (Lipinski definition) is 2. The topological polar surface area (TPSA) is 29.5 Å². The molecule has 1 aliphatic rings. The number of carbonyl (C=O) groups is 1. The molecule has 1 aromatic carbocycles. The molecule has 0 radical (unpaired) electrons. The number of para-hydroxylation sites is 1. The zero-order valence-electron chi connectivity index (χ0n) is 13.5. The van der Waals surface area contributed by atoms with Crippen LogP contribution in [-0.2, 0) is 4.79 Å². The monoisotopic (exact) mass is 289 g/mol. The van der Waals surface area contributed by atoms with Gasteiger partial charge in [0, 0.05) is 12.6 Å². The summed E-state index contributed by atoms with van der Waals surface area (Å²) in [6.45, 7) is 7.47. The van der Waals surface area contributed by atoms with Crippen LogP contribution in [0.15, 0.2) is 24.3 Å². The number of carbonyl (C=O) groups excluding carboxylic acids is 1. The van der Waals surface area contributed by atoms with E-state index in [1.807, 2.05) is 23.1 Å². The zero-order chi connectivity index (χ0) is 15.2. The average molecular weight is 289 g/mol. The number of benzene rings is 1. The van der Waals surface area contributed by atoms with Crippen molar-refractivity contribution in [3.8, 4) is 5.75 Å².